The SMILES string of the molecule is CCOC(=O)c1sc2c(c1C)C(=O)C(C(=O)CC)=CC2=O. The number of carbonyl (C=O) groups is 4. The summed E-state index contributed by atoms with van der Waals surface area (Å²) in [5.41, 5.74) is 0.458. The molecule has 0 bridgehead atoms. The summed E-state index contributed by atoms with van der Waals surface area (Å²) >= 11 is 0.942. The quantitative estimate of drug-likeness (QED) is 0.631. The largest absolute Gasteiger partial charge is 0.462 e. The van der Waals surface area contributed by atoms with Crippen molar-refractivity contribution in [1.29, 1.82) is 0 Å². The van der Waals surface area contributed by atoms with Crippen molar-refractivity contribution in [3.63, 3.8) is 0 Å². The molecule has 1 heterocycles. The maximum absolute atomic E-state index is 12.4. The number of ketones is 3. The van der Waals surface area contributed by atoms with E-state index < -0.39 is 17.5 Å². The van der Waals surface area contributed by atoms with Crippen molar-refractivity contribution in [2.24, 2.45) is 0 Å². The molecule has 21 heavy (non-hydrogen) atoms. The molecule has 1 aliphatic rings. The normalized spacial score (nSPS) is 13.8. The van der Waals surface area contributed by atoms with E-state index in [0.717, 1.165) is 17.4 Å². The van der Waals surface area contributed by atoms with Gasteiger partial charge in [-0.05, 0) is 19.4 Å². The summed E-state index contributed by atoms with van der Waals surface area (Å²) in [6, 6.07) is 0. The molecule has 0 aliphatic heterocycles. The summed E-state index contributed by atoms with van der Waals surface area (Å²) in [4.78, 5) is 48.5. The van der Waals surface area contributed by atoms with E-state index in [0.29, 0.717) is 5.56 Å². The Morgan fingerprint density at radius 1 is 1.24 bits per heavy atom. The van der Waals surface area contributed by atoms with Crippen molar-refractivity contribution < 1.29 is 23.9 Å². The van der Waals surface area contributed by atoms with Crippen molar-refractivity contribution in [2.75, 3.05) is 6.61 Å². The van der Waals surface area contributed by atoms with Crippen LogP contribution in [-0.2, 0) is 9.53 Å². The second-order valence-electron chi connectivity index (χ2n) is 4.51. The third-order valence-corrected chi connectivity index (χ3v) is 4.49. The van der Waals surface area contributed by atoms with E-state index in [4.69, 9.17) is 4.74 Å². The van der Waals surface area contributed by atoms with Gasteiger partial charge in [-0.15, -0.1) is 11.3 Å². The van der Waals surface area contributed by atoms with Gasteiger partial charge in [0.1, 0.15) is 4.88 Å². The molecule has 0 unspecified atom stereocenters. The molecule has 0 fully saturated rings. The van der Waals surface area contributed by atoms with Crippen LogP contribution in [-0.4, -0.2) is 29.9 Å². The smallest absolute Gasteiger partial charge is 0.348 e. The lowest BCUT2D eigenvalue weighted by atomic mass is 9.89. The maximum atomic E-state index is 12.4. The molecule has 0 saturated heterocycles. The number of rotatable bonds is 4. The molecule has 5 nitrogen and oxygen atoms in total. The number of ether oxygens (including phenoxy) is 1. The second kappa shape index (κ2) is 5.73. The fraction of sp³-hybridized carbons (Fsp3) is 0.333. The van der Waals surface area contributed by atoms with E-state index in [9.17, 15) is 19.2 Å². The van der Waals surface area contributed by atoms with E-state index in [1.54, 1.807) is 20.8 Å². The Labute approximate surface area is 125 Å². The van der Waals surface area contributed by atoms with Crippen LogP contribution in [0.5, 0.6) is 0 Å². The first kappa shape index (κ1) is 15.3. The zero-order chi connectivity index (χ0) is 15.7. The van der Waals surface area contributed by atoms with Gasteiger partial charge in [0, 0.05) is 18.1 Å². The summed E-state index contributed by atoms with van der Waals surface area (Å²) in [5, 5.41) is 0. The van der Waals surface area contributed by atoms with Crippen molar-refractivity contribution in [2.45, 2.75) is 27.2 Å². The van der Waals surface area contributed by atoms with Crippen LogP contribution in [0.15, 0.2) is 11.6 Å². The van der Waals surface area contributed by atoms with E-state index in [1.807, 2.05) is 0 Å². The minimum atomic E-state index is -0.557. The molecule has 0 radical (unpaired) electrons. The lowest BCUT2D eigenvalue weighted by Gasteiger charge is -2.10. The van der Waals surface area contributed by atoms with Gasteiger partial charge in [-0.3, -0.25) is 14.4 Å². The maximum Gasteiger partial charge on any atom is 0.348 e. The van der Waals surface area contributed by atoms with E-state index >= 15 is 0 Å². The van der Waals surface area contributed by atoms with Crippen molar-refractivity contribution in [1.82, 2.24) is 0 Å². The Balaban J connectivity index is 2.54. The Bertz CT molecular complexity index is 693. The summed E-state index contributed by atoms with van der Waals surface area (Å²) < 4.78 is 4.92. The molecule has 1 aromatic heterocycles. The molecule has 0 N–H and O–H groups in total. The summed E-state index contributed by atoms with van der Waals surface area (Å²) in [6.45, 7) is 5.10. The van der Waals surface area contributed by atoms with Crippen LogP contribution >= 0.6 is 11.3 Å². The molecule has 0 amide bonds. The van der Waals surface area contributed by atoms with Gasteiger partial charge in [0.15, 0.2) is 17.3 Å². The van der Waals surface area contributed by atoms with Gasteiger partial charge in [0.2, 0.25) is 0 Å². The zero-order valence-electron chi connectivity index (χ0n) is 11.9. The fourth-order valence-electron chi connectivity index (χ4n) is 2.15. The number of thiophene rings is 1. The molecular weight excluding hydrogens is 292 g/mol. The summed E-state index contributed by atoms with van der Waals surface area (Å²) in [6.07, 6.45) is 1.22. The number of allylic oxidation sites excluding steroid dienone is 2. The highest BCUT2D eigenvalue weighted by Crippen LogP contribution is 2.34. The van der Waals surface area contributed by atoms with Crippen LogP contribution in [0.2, 0.25) is 0 Å². The van der Waals surface area contributed by atoms with E-state index in [1.165, 1.54) is 0 Å². The highest BCUT2D eigenvalue weighted by molar-refractivity contribution is 7.16. The Hall–Kier alpha value is -2.08. The number of hydrogen-bond donors (Lipinski definition) is 0. The number of Topliss-reactive ketones (excluding diaryl/α,β-unsaturated/α-hetero) is 2. The molecule has 6 heteroatoms. The van der Waals surface area contributed by atoms with Crippen LogP contribution in [0.1, 0.15) is 55.5 Å². The highest BCUT2D eigenvalue weighted by Gasteiger charge is 2.34. The molecule has 0 atom stereocenters. The Morgan fingerprint density at radius 2 is 1.90 bits per heavy atom. The zero-order valence-corrected chi connectivity index (χ0v) is 12.8. The molecule has 0 aromatic carbocycles. The summed E-state index contributed by atoms with van der Waals surface area (Å²) in [5.74, 6) is -1.83. The first-order valence-corrected chi connectivity index (χ1v) is 7.38. The predicted octanol–water partition coefficient (Wildman–Crippen LogP) is 2.52. The third-order valence-electron chi connectivity index (χ3n) is 3.20. The highest BCUT2D eigenvalue weighted by atomic mass is 32.1. The Kier molecular flexibility index (Phi) is 4.18. The van der Waals surface area contributed by atoms with Crippen molar-refractivity contribution >= 4 is 34.7 Å². The number of fused-ring (bicyclic) bond motifs is 1. The average Bonchev–Trinajstić information content (AvgIpc) is 2.81. The van der Waals surface area contributed by atoms with Crippen molar-refractivity contribution in [3.05, 3.63) is 32.5 Å². The van der Waals surface area contributed by atoms with Gasteiger partial charge >= 0.3 is 5.97 Å². The minimum Gasteiger partial charge on any atom is -0.462 e. The molecule has 110 valence electrons. The topological polar surface area (TPSA) is 77.5 Å². The van der Waals surface area contributed by atoms with Gasteiger partial charge in [0.05, 0.1) is 17.1 Å². The number of hydrogen-bond acceptors (Lipinski definition) is 6. The monoisotopic (exact) mass is 306 g/mol. The Morgan fingerprint density at radius 3 is 2.48 bits per heavy atom. The molecule has 2 rings (SSSR count). The van der Waals surface area contributed by atoms with E-state index in [2.05, 4.69) is 0 Å². The molecule has 0 spiro atoms. The van der Waals surface area contributed by atoms with Gasteiger partial charge in [-0.1, -0.05) is 6.92 Å². The van der Waals surface area contributed by atoms with Crippen molar-refractivity contribution in [3.8, 4) is 0 Å². The molecule has 1 aromatic rings. The van der Waals surface area contributed by atoms with E-state index in [-0.39, 0.29) is 39.7 Å². The lowest BCUT2D eigenvalue weighted by Crippen LogP contribution is -2.21. The second-order valence-corrected chi connectivity index (χ2v) is 5.53. The third kappa shape index (κ3) is 2.47. The van der Waals surface area contributed by atoms with Crippen LogP contribution in [0.25, 0.3) is 0 Å². The molecular formula is C15H14O5S. The first-order valence-electron chi connectivity index (χ1n) is 6.56. The predicted molar refractivity (Wildman–Crippen MR) is 77.1 cm³/mol. The van der Waals surface area contributed by atoms with Gasteiger partial charge < -0.3 is 4.74 Å². The fourth-order valence-corrected chi connectivity index (χ4v) is 3.26. The average molecular weight is 306 g/mol. The van der Waals surface area contributed by atoms with Crippen LogP contribution < -0.4 is 0 Å². The number of esters is 1. The lowest BCUT2D eigenvalue weighted by molar-refractivity contribution is -0.115. The first-order chi connectivity index (χ1) is 9.92. The van der Waals surface area contributed by atoms with Crippen LogP contribution in [0, 0.1) is 6.92 Å². The van der Waals surface area contributed by atoms with Gasteiger partial charge in [-0.2, -0.15) is 0 Å². The van der Waals surface area contributed by atoms with Crippen LogP contribution in [0.4, 0.5) is 0 Å². The number of carbonyl (C=O) groups excluding carboxylic acids is 4. The minimum absolute atomic E-state index is 0.105. The molecule has 1 aliphatic carbocycles. The van der Waals surface area contributed by atoms with Gasteiger partial charge in [-0.25, -0.2) is 4.79 Å². The standard InChI is InChI=1S/C15H14O5S/c1-4-9(16)8-6-10(17)14-11(12(8)18)7(3)13(21-14)15(19)20-5-2/h6H,4-5H2,1-3H3. The molecule has 0 saturated carbocycles. The summed E-state index contributed by atoms with van der Waals surface area (Å²) in [7, 11) is 0. The van der Waals surface area contributed by atoms with Crippen LogP contribution in [0.3, 0.4) is 0 Å². The van der Waals surface area contributed by atoms with Gasteiger partial charge in [0.25, 0.3) is 0 Å².